The summed E-state index contributed by atoms with van der Waals surface area (Å²) in [5, 5.41) is 15.2. The first-order chi connectivity index (χ1) is 15.0. The number of primary amides is 1. The third-order valence-electron chi connectivity index (χ3n) is 5.08. The van der Waals surface area contributed by atoms with Crippen LogP contribution in [0.2, 0.25) is 0 Å². The standard InChI is InChI=1S/C23H18N4O4/c24-22(28)19(13-14-7-1-6-12-20(14)27(30)31)26-23(29)21-15-8-2-4-10-17(15)25-18-11-5-3-9-16(18)21/h1-12,19H,13H2,(H2,24,28)(H,26,29)/t19-/m1/s1. The van der Waals surface area contributed by atoms with Crippen LogP contribution in [0, 0.1) is 10.1 Å². The van der Waals surface area contributed by atoms with Gasteiger partial charge in [-0.1, -0.05) is 54.6 Å². The van der Waals surface area contributed by atoms with E-state index in [1.54, 1.807) is 42.5 Å². The molecule has 0 fully saturated rings. The summed E-state index contributed by atoms with van der Waals surface area (Å²) < 4.78 is 0. The van der Waals surface area contributed by atoms with Crippen LogP contribution in [0.4, 0.5) is 5.69 Å². The zero-order valence-electron chi connectivity index (χ0n) is 16.3. The molecule has 0 unspecified atom stereocenters. The van der Waals surface area contributed by atoms with Crippen LogP contribution < -0.4 is 11.1 Å². The van der Waals surface area contributed by atoms with Gasteiger partial charge in [0.2, 0.25) is 5.91 Å². The number of aromatic nitrogens is 1. The second-order valence-corrected chi connectivity index (χ2v) is 7.04. The van der Waals surface area contributed by atoms with Crippen LogP contribution in [0.25, 0.3) is 21.8 Å². The largest absolute Gasteiger partial charge is 0.368 e. The van der Waals surface area contributed by atoms with Crippen molar-refractivity contribution in [2.24, 2.45) is 5.73 Å². The van der Waals surface area contributed by atoms with Crippen LogP contribution in [0.3, 0.4) is 0 Å². The number of carbonyl (C=O) groups excluding carboxylic acids is 2. The van der Waals surface area contributed by atoms with Gasteiger partial charge < -0.3 is 11.1 Å². The van der Waals surface area contributed by atoms with E-state index >= 15 is 0 Å². The van der Waals surface area contributed by atoms with Crippen molar-refractivity contribution < 1.29 is 14.5 Å². The molecule has 0 saturated heterocycles. The van der Waals surface area contributed by atoms with Crippen LogP contribution >= 0.6 is 0 Å². The van der Waals surface area contributed by atoms with Crippen molar-refractivity contribution in [1.82, 2.24) is 10.3 Å². The first kappa shape index (κ1) is 20.0. The van der Waals surface area contributed by atoms with Gasteiger partial charge in [-0.25, -0.2) is 4.98 Å². The molecule has 3 aromatic carbocycles. The topological polar surface area (TPSA) is 128 Å². The van der Waals surface area contributed by atoms with Crippen molar-refractivity contribution >= 4 is 39.3 Å². The van der Waals surface area contributed by atoms with Gasteiger partial charge in [0.05, 0.1) is 21.5 Å². The lowest BCUT2D eigenvalue weighted by Gasteiger charge is -2.17. The maximum atomic E-state index is 13.3. The van der Waals surface area contributed by atoms with E-state index in [0.717, 1.165) is 0 Å². The number of nitro benzene ring substituents is 1. The third-order valence-corrected chi connectivity index (χ3v) is 5.08. The molecule has 0 aliphatic rings. The summed E-state index contributed by atoms with van der Waals surface area (Å²) >= 11 is 0. The Labute approximate surface area is 176 Å². The van der Waals surface area contributed by atoms with E-state index < -0.39 is 22.8 Å². The number of benzene rings is 3. The molecule has 3 N–H and O–H groups in total. The molecular formula is C23H18N4O4. The SMILES string of the molecule is NC(=O)[C@@H](Cc1ccccc1[N+](=O)[O-])NC(=O)c1c2ccccc2nc2ccccc12. The molecule has 8 heteroatoms. The average molecular weight is 414 g/mol. The Morgan fingerprint density at radius 3 is 2.06 bits per heavy atom. The van der Waals surface area contributed by atoms with E-state index in [4.69, 9.17) is 5.73 Å². The molecule has 4 aromatic rings. The Hall–Kier alpha value is -4.33. The maximum Gasteiger partial charge on any atom is 0.272 e. The van der Waals surface area contributed by atoms with E-state index in [9.17, 15) is 19.7 Å². The Morgan fingerprint density at radius 1 is 0.935 bits per heavy atom. The Kier molecular flexibility index (Phi) is 5.28. The van der Waals surface area contributed by atoms with Gasteiger partial charge >= 0.3 is 0 Å². The highest BCUT2D eigenvalue weighted by Crippen LogP contribution is 2.26. The highest BCUT2D eigenvalue weighted by molar-refractivity contribution is 6.16. The predicted molar refractivity (Wildman–Crippen MR) is 116 cm³/mol. The number of para-hydroxylation sites is 3. The third kappa shape index (κ3) is 3.91. The summed E-state index contributed by atoms with van der Waals surface area (Å²) in [6, 6.07) is 19.4. The molecule has 1 heterocycles. The van der Waals surface area contributed by atoms with Crippen molar-refractivity contribution in [3.8, 4) is 0 Å². The fourth-order valence-electron chi connectivity index (χ4n) is 3.62. The van der Waals surface area contributed by atoms with Crippen molar-refractivity contribution in [2.75, 3.05) is 0 Å². The molecule has 0 aliphatic carbocycles. The molecule has 31 heavy (non-hydrogen) atoms. The minimum Gasteiger partial charge on any atom is -0.368 e. The van der Waals surface area contributed by atoms with Crippen LogP contribution in [0.15, 0.2) is 72.8 Å². The van der Waals surface area contributed by atoms with E-state index in [1.165, 1.54) is 18.2 Å². The van der Waals surface area contributed by atoms with Gasteiger partial charge in [-0.3, -0.25) is 19.7 Å². The number of nitrogens with zero attached hydrogens (tertiary/aromatic N) is 2. The average Bonchev–Trinajstić information content (AvgIpc) is 2.77. The minimum absolute atomic E-state index is 0.0980. The van der Waals surface area contributed by atoms with Gasteiger partial charge in [0, 0.05) is 28.8 Å². The molecule has 0 bridgehead atoms. The molecule has 8 nitrogen and oxygen atoms in total. The van der Waals surface area contributed by atoms with Crippen LogP contribution in [0.1, 0.15) is 15.9 Å². The smallest absolute Gasteiger partial charge is 0.272 e. The monoisotopic (exact) mass is 414 g/mol. The summed E-state index contributed by atoms with van der Waals surface area (Å²) in [5.41, 5.74) is 7.35. The number of carbonyl (C=O) groups is 2. The highest BCUT2D eigenvalue weighted by Gasteiger charge is 2.25. The molecule has 154 valence electrons. The fourth-order valence-corrected chi connectivity index (χ4v) is 3.62. The number of hydrogen-bond acceptors (Lipinski definition) is 5. The molecule has 0 radical (unpaired) electrons. The van der Waals surface area contributed by atoms with Crippen molar-refractivity contribution in [2.45, 2.75) is 12.5 Å². The number of nitro groups is 1. The summed E-state index contributed by atoms with van der Waals surface area (Å²) in [6.45, 7) is 0. The van der Waals surface area contributed by atoms with E-state index in [0.29, 0.717) is 32.9 Å². The number of fused-ring (bicyclic) bond motifs is 2. The van der Waals surface area contributed by atoms with Gasteiger partial charge in [0.1, 0.15) is 6.04 Å². The van der Waals surface area contributed by atoms with E-state index in [1.807, 2.05) is 12.1 Å². The van der Waals surface area contributed by atoms with Crippen LogP contribution in [-0.4, -0.2) is 27.8 Å². The van der Waals surface area contributed by atoms with Gasteiger partial charge in [0.15, 0.2) is 0 Å². The Morgan fingerprint density at radius 2 is 1.48 bits per heavy atom. The zero-order valence-corrected chi connectivity index (χ0v) is 16.3. The normalized spacial score (nSPS) is 11.9. The number of amides is 2. The summed E-state index contributed by atoms with van der Waals surface area (Å²) in [6.07, 6.45) is -0.0980. The number of pyridine rings is 1. The number of rotatable bonds is 6. The molecular weight excluding hydrogens is 396 g/mol. The summed E-state index contributed by atoms with van der Waals surface area (Å²) in [4.78, 5) is 40.8. The molecule has 1 atom stereocenters. The van der Waals surface area contributed by atoms with Crippen LogP contribution in [0.5, 0.6) is 0 Å². The number of hydrogen-bond donors (Lipinski definition) is 2. The Bertz CT molecular complexity index is 1280. The molecule has 1 aromatic heterocycles. The molecule has 2 amide bonds. The maximum absolute atomic E-state index is 13.3. The van der Waals surface area contributed by atoms with Gasteiger partial charge in [-0.05, 0) is 12.1 Å². The van der Waals surface area contributed by atoms with E-state index in [-0.39, 0.29) is 12.1 Å². The van der Waals surface area contributed by atoms with Gasteiger partial charge in [-0.15, -0.1) is 0 Å². The molecule has 0 saturated carbocycles. The molecule has 0 aliphatic heterocycles. The van der Waals surface area contributed by atoms with Gasteiger partial charge in [-0.2, -0.15) is 0 Å². The van der Waals surface area contributed by atoms with Crippen molar-refractivity contribution in [1.29, 1.82) is 0 Å². The molecule has 4 rings (SSSR count). The quantitative estimate of drug-likeness (QED) is 0.285. The summed E-state index contributed by atoms with van der Waals surface area (Å²) in [5.74, 6) is -1.29. The first-order valence-electron chi connectivity index (χ1n) is 9.55. The van der Waals surface area contributed by atoms with Crippen molar-refractivity contribution in [3.63, 3.8) is 0 Å². The minimum atomic E-state index is -1.13. The van der Waals surface area contributed by atoms with Crippen LogP contribution in [-0.2, 0) is 11.2 Å². The number of nitrogens with two attached hydrogens (primary N) is 1. The fraction of sp³-hybridized carbons (Fsp3) is 0.0870. The lowest BCUT2D eigenvalue weighted by atomic mass is 10.00. The lowest BCUT2D eigenvalue weighted by molar-refractivity contribution is -0.385. The number of nitrogens with one attached hydrogen (secondary N) is 1. The molecule has 0 spiro atoms. The predicted octanol–water partition coefficient (Wildman–Crippen LogP) is 3.12. The Balaban J connectivity index is 1.75. The zero-order chi connectivity index (χ0) is 22.0. The first-order valence-corrected chi connectivity index (χ1v) is 9.55. The second-order valence-electron chi connectivity index (χ2n) is 7.04. The summed E-state index contributed by atoms with van der Waals surface area (Å²) in [7, 11) is 0. The van der Waals surface area contributed by atoms with Gasteiger partial charge in [0.25, 0.3) is 11.6 Å². The second kappa shape index (κ2) is 8.19. The highest BCUT2D eigenvalue weighted by atomic mass is 16.6. The van der Waals surface area contributed by atoms with Crippen molar-refractivity contribution in [3.05, 3.63) is 94.0 Å². The van der Waals surface area contributed by atoms with E-state index in [2.05, 4.69) is 10.3 Å². The lowest BCUT2D eigenvalue weighted by Crippen LogP contribution is -2.46.